The van der Waals surface area contributed by atoms with Crippen molar-refractivity contribution >= 4 is 17.7 Å². The smallest absolute Gasteiger partial charge is 0.261 e. The Kier molecular flexibility index (Phi) is 4.46. The SMILES string of the molecule is C[C@H]1CCCC[C@H]1NC(=O)CCN1C(=O)c2ccccc2C1=O. The molecule has 122 valence electrons. The first kappa shape index (κ1) is 15.7. The van der Waals surface area contributed by atoms with Crippen molar-refractivity contribution in [1.82, 2.24) is 10.2 Å². The zero-order chi connectivity index (χ0) is 16.4. The molecule has 0 aromatic heterocycles. The summed E-state index contributed by atoms with van der Waals surface area (Å²) in [5.41, 5.74) is 0.859. The lowest BCUT2D eigenvalue weighted by molar-refractivity contribution is -0.122. The predicted molar refractivity (Wildman–Crippen MR) is 86.0 cm³/mol. The average molecular weight is 314 g/mol. The van der Waals surface area contributed by atoms with Crippen LogP contribution in [0.4, 0.5) is 0 Å². The third kappa shape index (κ3) is 3.14. The number of carbonyl (C=O) groups excluding carboxylic acids is 3. The van der Waals surface area contributed by atoms with E-state index >= 15 is 0 Å². The highest BCUT2D eigenvalue weighted by atomic mass is 16.2. The molecule has 0 saturated heterocycles. The maximum atomic E-state index is 12.2. The van der Waals surface area contributed by atoms with E-state index in [1.165, 1.54) is 11.3 Å². The third-order valence-corrected chi connectivity index (χ3v) is 4.90. The van der Waals surface area contributed by atoms with Crippen LogP contribution in [-0.2, 0) is 4.79 Å². The zero-order valence-corrected chi connectivity index (χ0v) is 13.4. The second-order valence-electron chi connectivity index (χ2n) is 6.49. The third-order valence-electron chi connectivity index (χ3n) is 4.90. The molecule has 5 heteroatoms. The molecule has 0 radical (unpaired) electrons. The van der Waals surface area contributed by atoms with E-state index in [9.17, 15) is 14.4 Å². The molecule has 0 unspecified atom stereocenters. The topological polar surface area (TPSA) is 66.5 Å². The fraction of sp³-hybridized carbons (Fsp3) is 0.500. The average Bonchev–Trinajstić information content (AvgIpc) is 2.80. The van der Waals surface area contributed by atoms with Crippen LogP contribution in [0.3, 0.4) is 0 Å². The quantitative estimate of drug-likeness (QED) is 0.868. The van der Waals surface area contributed by atoms with E-state index in [-0.39, 0.29) is 36.7 Å². The highest BCUT2D eigenvalue weighted by molar-refractivity contribution is 6.21. The molecule has 1 aromatic carbocycles. The van der Waals surface area contributed by atoms with E-state index in [1.807, 2.05) is 0 Å². The van der Waals surface area contributed by atoms with Gasteiger partial charge >= 0.3 is 0 Å². The number of hydrogen-bond acceptors (Lipinski definition) is 3. The molecule has 0 bridgehead atoms. The lowest BCUT2D eigenvalue weighted by Crippen LogP contribution is -2.42. The van der Waals surface area contributed by atoms with E-state index in [4.69, 9.17) is 0 Å². The molecule has 1 fully saturated rings. The minimum Gasteiger partial charge on any atom is -0.353 e. The van der Waals surface area contributed by atoms with Crippen molar-refractivity contribution in [2.24, 2.45) is 5.92 Å². The molecule has 2 atom stereocenters. The first-order valence-corrected chi connectivity index (χ1v) is 8.32. The van der Waals surface area contributed by atoms with Crippen LogP contribution in [0.5, 0.6) is 0 Å². The van der Waals surface area contributed by atoms with E-state index in [1.54, 1.807) is 24.3 Å². The molecule has 3 rings (SSSR count). The number of nitrogens with one attached hydrogen (secondary N) is 1. The highest BCUT2D eigenvalue weighted by Gasteiger charge is 2.35. The summed E-state index contributed by atoms with van der Waals surface area (Å²) >= 11 is 0. The molecule has 1 aliphatic heterocycles. The van der Waals surface area contributed by atoms with Crippen molar-refractivity contribution < 1.29 is 14.4 Å². The Morgan fingerprint density at radius 2 is 1.74 bits per heavy atom. The number of amides is 3. The maximum absolute atomic E-state index is 12.2. The Morgan fingerprint density at radius 3 is 2.35 bits per heavy atom. The van der Waals surface area contributed by atoms with Crippen LogP contribution in [0.1, 0.15) is 59.7 Å². The number of benzene rings is 1. The number of nitrogens with zero attached hydrogens (tertiary/aromatic N) is 1. The summed E-state index contributed by atoms with van der Waals surface area (Å²) in [7, 11) is 0. The van der Waals surface area contributed by atoms with Crippen LogP contribution < -0.4 is 5.32 Å². The Bertz CT molecular complexity index is 606. The van der Waals surface area contributed by atoms with Gasteiger partial charge in [-0.15, -0.1) is 0 Å². The fourth-order valence-electron chi connectivity index (χ4n) is 3.47. The van der Waals surface area contributed by atoms with Crippen molar-refractivity contribution in [2.75, 3.05) is 6.54 Å². The van der Waals surface area contributed by atoms with Gasteiger partial charge in [0.15, 0.2) is 0 Å². The highest BCUT2D eigenvalue weighted by Crippen LogP contribution is 2.24. The first-order valence-electron chi connectivity index (χ1n) is 8.32. The van der Waals surface area contributed by atoms with Gasteiger partial charge in [0.2, 0.25) is 5.91 Å². The number of carbonyl (C=O) groups is 3. The van der Waals surface area contributed by atoms with Crippen LogP contribution in [-0.4, -0.2) is 35.2 Å². The lowest BCUT2D eigenvalue weighted by Gasteiger charge is -2.29. The molecule has 1 N–H and O–H groups in total. The summed E-state index contributed by atoms with van der Waals surface area (Å²) in [5.74, 6) is -0.193. The van der Waals surface area contributed by atoms with E-state index in [0.717, 1.165) is 19.3 Å². The van der Waals surface area contributed by atoms with Gasteiger partial charge in [0.25, 0.3) is 11.8 Å². The largest absolute Gasteiger partial charge is 0.353 e. The molecule has 2 aliphatic rings. The minimum absolute atomic E-state index is 0.0830. The Hall–Kier alpha value is -2.17. The lowest BCUT2D eigenvalue weighted by atomic mass is 9.86. The standard InChI is InChI=1S/C18H22N2O3/c1-12-6-2-5-9-15(12)19-16(21)10-11-20-17(22)13-7-3-4-8-14(13)18(20)23/h3-4,7-8,12,15H,2,5-6,9-11H2,1H3,(H,19,21)/t12-,15+/m0/s1. The van der Waals surface area contributed by atoms with E-state index in [0.29, 0.717) is 17.0 Å². The van der Waals surface area contributed by atoms with Gasteiger partial charge in [-0.1, -0.05) is 31.9 Å². The Balaban J connectivity index is 1.56. The molecule has 1 aromatic rings. The van der Waals surface area contributed by atoms with Gasteiger partial charge in [-0.2, -0.15) is 0 Å². The Labute approximate surface area is 136 Å². The molecular weight excluding hydrogens is 292 g/mol. The van der Waals surface area contributed by atoms with Crippen LogP contribution in [0.25, 0.3) is 0 Å². The van der Waals surface area contributed by atoms with Gasteiger partial charge in [-0.05, 0) is 30.9 Å². The predicted octanol–water partition coefficient (Wildman–Crippen LogP) is 2.37. The summed E-state index contributed by atoms with van der Waals surface area (Å²) in [4.78, 5) is 37.8. The van der Waals surface area contributed by atoms with Gasteiger partial charge in [-0.25, -0.2) is 0 Å². The molecule has 1 heterocycles. The molecular formula is C18H22N2O3. The number of hydrogen-bond donors (Lipinski definition) is 1. The summed E-state index contributed by atoms with van der Waals surface area (Å²) in [6.07, 6.45) is 4.69. The second kappa shape index (κ2) is 6.52. The van der Waals surface area contributed by atoms with Crippen molar-refractivity contribution in [1.29, 1.82) is 0 Å². The molecule has 0 spiro atoms. The van der Waals surface area contributed by atoms with Gasteiger partial charge in [0.1, 0.15) is 0 Å². The Morgan fingerprint density at radius 1 is 1.13 bits per heavy atom. The molecule has 1 saturated carbocycles. The summed E-state index contributed by atoms with van der Waals surface area (Å²) < 4.78 is 0. The second-order valence-corrected chi connectivity index (χ2v) is 6.49. The normalized spacial score (nSPS) is 23.8. The van der Waals surface area contributed by atoms with Crippen molar-refractivity contribution in [3.05, 3.63) is 35.4 Å². The van der Waals surface area contributed by atoms with Crippen LogP contribution in [0.15, 0.2) is 24.3 Å². The molecule has 23 heavy (non-hydrogen) atoms. The van der Waals surface area contributed by atoms with Crippen LogP contribution in [0.2, 0.25) is 0 Å². The maximum Gasteiger partial charge on any atom is 0.261 e. The summed E-state index contributed by atoms with van der Waals surface area (Å²) in [6.45, 7) is 2.30. The van der Waals surface area contributed by atoms with E-state index in [2.05, 4.69) is 12.2 Å². The minimum atomic E-state index is -0.301. The van der Waals surface area contributed by atoms with Crippen molar-refractivity contribution in [3.63, 3.8) is 0 Å². The zero-order valence-electron chi connectivity index (χ0n) is 13.4. The number of rotatable bonds is 4. The number of imide groups is 1. The van der Waals surface area contributed by atoms with Gasteiger partial charge < -0.3 is 5.32 Å². The fourth-order valence-corrected chi connectivity index (χ4v) is 3.47. The van der Waals surface area contributed by atoms with Crippen molar-refractivity contribution in [2.45, 2.75) is 45.1 Å². The van der Waals surface area contributed by atoms with Gasteiger partial charge in [0.05, 0.1) is 11.1 Å². The van der Waals surface area contributed by atoms with Gasteiger partial charge in [-0.3, -0.25) is 19.3 Å². The van der Waals surface area contributed by atoms with Gasteiger partial charge in [0, 0.05) is 19.0 Å². The summed E-state index contributed by atoms with van der Waals surface area (Å²) in [5, 5.41) is 3.06. The monoisotopic (exact) mass is 314 g/mol. The number of fused-ring (bicyclic) bond motifs is 1. The molecule has 5 nitrogen and oxygen atoms in total. The van der Waals surface area contributed by atoms with E-state index < -0.39 is 0 Å². The first-order chi connectivity index (χ1) is 11.1. The van der Waals surface area contributed by atoms with Crippen molar-refractivity contribution in [3.8, 4) is 0 Å². The van der Waals surface area contributed by atoms with Crippen LogP contribution in [0, 0.1) is 5.92 Å². The van der Waals surface area contributed by atoms with Crippen LogP contribution >= 0.6 is 0 Å². The molecule has 3 amide bonds. The summed E-state index contributed by atoms with van der Waals surface area (Å²) in [6, 6.07) is 7.01. The molecule has 1 aliphatic carbocycles.